The molecule has 1 N–H and O–H groups in total. The molecule has 0 radical (unpaired) electrons. The van der Waals surface area contributed by atoms with E-state index >= 15 is 0 Å². The SMILES string of the molecule is CCCS(=O)(=O)Nc1ccc(S(=O)(=O)CC)cc1. The van der Waals surface area contributed by atoms with Gasteiger partial charge in [0.05, 0.1) is 16.4 Å². The lowest BCUT2D eigenvalue weighted by Gasteiger charge is -2.07. The summed E-state index contributed by atoms with van der Waals surface area (Å²) in [6, 6.07) is 5.72. The maximum Gasteiger partial charge on any atom is 0.232 e. The number of nitrogens with one attached hydrogen (secondary N) is 1. The van der Waals surface area contributed by atoms with Gasteiger partial charge in [0.25, 0.3) is 0 Å². The number of anilines is 1. The Morgan fingerprint density at radius 1 is 1.00 bits per heavy atom. The van der Waals surface area contributed by atoms with Crippen LogP contribution in [0.5, 0.6) is 0 Å². The van der Waals surface area contributed by atoms with E-state index in [4.69, 9.17) is 0 Å². The lowest BCUT2D eigenvalue weighted by molar-refractivity contribution is 0.597. The summed E-state index contributed by atoms with van der Waals surface area (Å²) in [5, 5.41) is 0. The molecule has 0 heterocycles. The van der Waals surface area contributed by atoms with E-state index in [2.05, 4.69) is 4.72 Å². The fraction of sp³-hybridized carbons (Fsp3) is 0.455. The molecule has 0 bridgehead atoms. The molecule has 0 aromatic heterocycles. The highest BCUT2D eigenvalue weighted by Crippen LogP contribution is 2.16. The third-order valence-corrected chi connectivity index (χ3v) is 5.58. The lowest BCUT2D eigenvalue weighted by atomic mass is 10.3. The molecule has 0 spiro atoms. The molecule has 1 aromatic rings. The first-order valence-corrected chi connectivity index (χ1v) is 8.94. The molecule has 0 aliphatic rings. The zero-order chi connectivity index (χ0) is 13.8. The van der Waals surface area contributed by atoms with Crippen molar-refractivity contribution >= 4 is 25.5 Å². The van der Waals surface area contributed by atoms with Crippen molar-refractivity contribution < 1.29 is 16.8 Å². The van der Waals surface area contributed by atoms with Gasteiger partial charge in [0.2, 0.25) is 10.0 Å². The fourth-order valence-electron chi connectivity index (χ4n) is 1.40. The Kier molecular flexibility index (Phi) is 4.75. The molecule has 0 saturated carbocycles. The number of hydrogen-bond acceptors (Lipinski definition) is 4. The highest BCUT2D eigenvalue weighted by atomic mass is 32.2. The van der Waals surface area contributed by atoms with Crippen molar-refractivity contribution in [2.75, 3.05) is 16.2 Å². The van der Waals surface area contributed by atoms with Crippen LogP contribution in [0.2, 0.25) is 0 Å². The summed E-state index contributed by atoms with van der Waals surface area (Å²) < 4.78 is 48.5. The highest BCUT2D eigenvalue weighted by Gasteiger charge is 2.12. The van der Waals surface area contributed by atoms with Crippen molar-refractivity contribution in [1.82, 2.24) is 0 Å². The quantitative estimate of drug-likeness (QED) is 0.864. The van der Waals surface area contributed by atoms with Crippen LogP contribution < -0.4 is 4.72 Å². The molecule has 0 aliphatic carbocycles. The third-order valence-electron chi connectivity index (χ3n) is 2.34. The molecule has 1 aromatic carbocycles. The molecule has 0 fully saturated rings. The van der Waals surface area contributed by atoms with E-state index in [0.29, 0.717) is 12.1 Å². The first-order valence-electron chi connectivity index (χ1n) is 5.64. The normalized spacial score (nSPS) is 12.3. The van der Waals surface area contributed by atoms with Gasteiger partial charge in [-0.05, 0) is 30.7 Å². The largest absolute Gasteiger partial charge is 0.284 e. The van der Waals surface area contributed by atoms with Crippen LogP contribution >= 0.6 is 0 Å². The molecule has 18 heavy (non-hydrogen) atoms. The molecule has 5 nitrogen and oxygen atoms in total. The van der Waals surface area contributed by atoms with Gasteiger partial charge < -0.3 is 0 Å². The van der Waals surface area contributed by atoms with Crippen LogP contribution in [0.4, 0.5) is 5.69 Å². The zero-order valence-corrected chi connectivity index (χ0v) is 12.0. The second kappa shape index (κ2) is 5.71. The standard InChI is InChI=1S/C11H17NO4S2/c1-3-9-18(15,16)12-10-5-7-11(8-6-10)17(13,14)4-2/h5-8,12H,3-4,9H2,1-2H3. The van der Waals surface area contributed by atoms with Gasteiger partial charge in [0.15, 0.2) is 9.84 Å². The van der Waals surface area contributed by atoms with Crippen LogP contribution in [0.3, 0.4) is 0 Å². The van der Waals surface area contributed by atoms with Crippen molar-refractivity contribution in [3.63, 3.8) is 0 Å². The van der Waals surface area contributed by atoms with E-state index in [9.17, 15) is 16.8 Å². The van der Waals surface area contributed by atoms with Gasteiger partial charge in [0.1, 0.15) is 0 Å². The zero-order valence-electron chi connectivity index (χ0n) is 10.4. The molecular weight excluding hydrogens is 274 g/mol. The Bertz CT molecular complexity index is 588. The number of sulfonamides is 1. The van der Waals surface area contributed by atoms with Crippen LogP contribution in [0.15, 0.2) is 29.2 Å². The second-order valence-corrected chi connectivity index (χ2v) is 7.97. The number of rotatable bonds is 6. The Balaban J connectivity index is 2.91. The van der Waals surface area contributed by atoms with Gasteiger partial charge in [0, 0.05) is 5.69 Å². The van der Waals surface area contributed by atoms with Crippen LogP contribution in [-0.4, -0.2) is 28.3 Å². The monoisotopic (exact) mass is 291 g/mol. The Labute approximate surface area is 108 Å². The lowest BCUT2D eigenvalue weighted by Crippen LogP contribution is -2.16. The number of hydrogen-bond donors (Lipinski definition) is 1. The van der Waals surface area contributed by atoms with Crippen molar-refractivity contribution in [2.24, 2.45) is 0 Å². The molecule has 0 amide bonds. The highest BCUT2D eigenvalue weighted by molar-refractivity contribution is 7.92. The van der Waals surface area contributed by atoms with Gasteiger partial charge in [-0.3, -0.25) is 4.72 Å². The van der Waals surface area contributed by atoms with Gasteiger partial charge in [-0.2, -0.15) is 0 Å². The minimum atomic E-state index is -3.34. The minimum Gasteiger partial charge on any atom is -0.284 e. The van der Waals surface area contributed by atoms with Crippen LogP contribution in [0, 0.1) is 0 Å². The van der Waals surface area contributed by atoms with E-state index in [1.54, 1.807) is 13.8 Å². The Hall–Kier alpha value is -1.08. The molecule has 0 unspecified atom stereocenters. The third kappa shape index (κ3) is 3.99. The average Bonchev–Trinajstić information content (AvgIpc) is 2.29. The van der Waals surface area contributed by atoms with Crippen molar-refractivity contribution in [1.29, 1.82) is 0 Å². The molecular formula is C11H17NO4S2. The van der Waals surface area contributed by atoms with Gasteiger partial charge in [-0.15, -0.1) is 0 Å². The van der Waals surface area contributed by atoms with E-state index in [1.165, 1.54) is 24.3 Å². The Morgan fingerprint density at radius 3 is 2.00 bits per heavy atom. The van der Waals surface area contributed by atoms with Crippen LogP contribution in [-0.2, 0) is 19.9 Å². The van der Waals surface area contributed by atoms with E-state index < -0.39 is 19.9 Å². The van der Waals surface area contributed by atoms with E-state index in [1.807, 2.05) is 0 Å². The minimum absolute atomic E-state index is 0.0217. The predicted octanol–water partition coefficient (Wildman–Crippen LogP) is 1.63. The van der Waals surface area contributed by atoms with E-state index in [-0.39, 0.29) is 16.4 Å². The molecule has 0 saturated heterocycles. The summed E-state index contributed by atoms with van der Waals surface area (Å²) in [5.41, 5.74) is 0.374. The Morgan fingerprint density at radius 2 is 1.56 bits per heavy atom. The van der Waals surface area contributed by atoms with Crippen molar-refractivity contribution in [3.05, 3.63) is 24.3 Å². The van der Waals surface area contributed by atoms with Crippen molar-refractivity contribution in [3.8, 4) is 0 Å². The van der Waals surface area contributed by atoms with Gasteiger partial charge in [-0.1, -0.05) is 13.8 Å². The van der Waals surface area contributed by atoms with Gasteiger partial charge in [-0.25, -0.2) is 16.8 Å². The molecule has 0 aliphatic heterocycles. The molecule has 7 heteroatoms. The van der Waals surface area contributed by atoms with Crippen LogP contribution in [0.1, 0.15) is 20.3 Å². The smallest absolute Gasteiger partial charge is 0.232 e. The second-order valence-electron chi connectivity index (χ2n) is 3.85. The first-order chi connectivity index (χ1) is 8.30. The average molecular weight is 291 g/mol. The van der Waals surface area contributed by atoms with Gasteiger partial charge >= 0.3 is 0 Å². The summed E-state index contributed by atoms with van der Waals surface area (Å²) in [6.07, 6.45) is 0.525. The fourth-order valence-corrected chi connectivity index (χ4v) is 3.42. The van der Waals surface area contributed by atoms with E-state index in [0.717, 1.165) is 0 Å². The molecule has 0 atom stereocenters. The number of benzene rings is 1. The number of sulfone groups is 1. The summed E-state index contributed by atoms with van der Waals surface area (Å²) in [4.78, 5) is 0.198. The molecule has 1 rings (SSSR count). The first kappa shape index (κ1) is 15.0. The summed E-state index contributed by atoms with van der Waals surface area (Å²) in [7, 11) is -6.58. The predicted molar refractivity (Wildman–Crippen MR) is 71.9 cm³/mol. The molecule has 102 valence electrons. The van der Waals surface area contributed by atoms with Crippen molar-refractivity contribution in [2.45, 2.75) is 25.2 Å². The maximum atomic E-state index is 11.6. The maximum absolute atomic E-state index is 11.6. The summed E-state index contributed by atoms with van der Waals surface area (Å²) >= 11 is 0. The summed E-state index contributed by atoms with van der Waals surface area (Å²) in [6.45, 7) is 3.34. The topological polar surface area (TPSA) is 80.3 Å². The van der Waals surface area contributed by atoms with Crippen LogP contribution in [0.25, 0.3) is 0 Å². The summed E-state index contributed by atoms with van der Waals surface area (Å²) in [5.74, 6) is 0.0654.